The van der Waals surface area contributed by atoms with Gasteiger partial charge in [0.1, 0.15) is 0 Å². The number of amides is 2. The van der Waals surface area contributed by atoms with E-state index < -0.39 is 0 Å². The molecule has 1 N–H and O–H groups in total. The molecule has 2 fully saturated rings. The number of hydrogen-bond donors (Lipinski definition) is 1. The van der Waals surface area contributed by atoms with Crippen LogP contribution in [0.5, 0.6) is 0 Å². The Morgan fingerprint density at radius 2 is 1.66 bits per heavy atom. The standard InChI is InChI=1S/C24H28N2O2S/c27-22(18-29-20-9-5-2-6-10-20)26-15-12-24(13-16-26)17-21(24)23(28)25-14-11-19-7-3-1-4-8-19/h1-10,21H,11-18H2,(H,25,28)/t21-/m0/s1. The van der Waals surface area contributed by atoms with Gasteiger partial charge < -0.3 is 10.2 Å². The van der Waals surface area contributed by atoms with Crippen molar-refractivity contribution in [3.63, 3.8) is 0 Å². The van der Waals surface area contributed by atoms with E-state index in [1.807, 2.05) is 53.4 Å². The molecule has 0 radical (unpaired) electrons. The Labute approximate surface area is 177 Å². The van der Waals surface area contributed by atoms with E-state index in [1.165, 1.54) is 5.56 Å². The van der Waals surface area contributed by atoms with Crippen LogP contribution in [0.4, 0.5) is 0 Å². The highest BCUT2D eigenvalue weighted by Gasteiger charge is 2.58. The van der Waals surface area contributed by atoms with Crippen LogP contribution in [-0.2, 0) is 16.0 Å². The second-order valence-corrected chi connectivity index (χ2v) is 9.18. The maximum absolute atomic E-state index is 12.5. The minimum absolute atomic E-state index is 0.134. The number of hydrogen-bond acceptors (Lipinski definition) is 3. The fourth-order valence-electron chi connectivity index (χ4n) is 4.32. The molecule has 1 heterocycles. The second-order valence-electron chi connectivity index (χ2n) is 8.13. The lowest BCUT2D eigenvalue weighted by Gasteiger charge is -2.32. The minimum Gasteiger partial charge on any atom is -0.356 e. The first-order chi connectivity index (χ1) is 14.2. The van der Waals surface area contributed by atoms with E-state index in [2.05, 4.69) is 17.4 Å². The van der Waals surface area contributed by atoms with Crippen molar-refractivity contribution in [1.82, 2.24) is 10.2 Å². The average Bonchev–Trinajstić information content (AvgIpc) is 3.47. The second kappa shape index (κ2) is 9.04. The molecule has 1 aliphatic heterocycles. The Kier molecular flexibility index (Phi) is 6.24. The lowest BCUT2D eigenvalue weighted by molar-refractivity contribution is -0.130. The first kappa shape index (κ1) is 20.0. The quantitative estimate of drug-likeness (QED) is 0.710. The summed E-state index contributed by atoms with van der Waals surface area (Å²) >= 11 is 1.60. The molecule has 1 saturated carbocycles. The van der Waals surface area contributed by atoms with Crippen molar-refractivity contribution >= 4 is 23.6 Å². The van der Waals surface area contributed by atoms with Crippen LogP contribution in [0.1, 0.15) is 24.8 Å². The van der Waals surface area contributed by atoms with Crippen LogP contribution in [0.15, 0.2) is 65.6 Å². The number of benzene rings is 2. The van der Waals surface area contributed by atoms with Gasteiger partial charge in [-0.05, 0) is 48.8 Å². The number of piperidine rings is 1. The van der Waals surface area contributed by atoms with Gasteiger partial charge in [0.25, 0.3) is 0 Å². The van der Waals surface area contributed by atoms with Gasteiger partial charge in [0.15, 0.2) is 0 Å². The summed E-state index contributed by atoms with van der Waals surface area (Å²) in [6.07, 6.45) is 3.75. The van der Waals surface area contributed by atoms with Gasteiger partial charge in [0.05, 0.1) is 5.75 Å². The number of rotatable bonds is 7. The molecular weight excluding hydrogens is 380 g/mol. The summed E-state index contributed by atoms with van der Waals surface area (Å²) in [6, 6.07) is 20.3. The maximum atomic E-state index is 12.5. The lowest BCUT2D eigenvalue weighted by Crippen LogP contribution is -2.41. The number of carbonyl (C=O) groups is 2. The van der Waals surface area contributed by atoms with E-state index in [0.29, 0.717) is 12.3 Å². The van der Waals surface area contributed by atoms with Gasteiger partial charge in [-0.25, -0.2) is 0 Å². The summed E-state index contributed by atoms with van der Waals surface area (Å²) in [5.41, 5.74) is 1.39. The van der Waals surface area contributed by atoms with Crippen LogP contribution in [0.2, 0.25) is 0 Å². The smallest absolute Gasteiger partial charge is 0.232 e. The normalized spacial score (nSPS) is 19.7. The van der Waals surface area contributed by atoms with Gasteiger partial charge in [0.2, 0.25) is 11.8 Å². The van der Waals surface area contributed by atoms with Crippen LogP contribution in [0.3, 0.4) is 0 Å². The Morgan fingerprint density at radius 1 is 1.00 bits per heavy atom. The molecule has 2 aliphatic rings. The van der Waals surface area contributed by atoms with E-state index in [0.717, 1.165) is 43.7 Å². The highest BCUT2D eigenvalue weighted by Crippen LogP contribution is 2.59. The van der Waals surface area contributed by atoms with Crippen LogP contribution < -0.4 is 5.32 Å². The van der Waals surface area contributed by atoms with Gasteiger partial charge in [-0.3, -0.25) is 9.59 Å². The summed E-state index contributed by atoms with van der Waals surface area (Å²) in [4.78, 5) is 28.2. The summed E-state index contributed by atoms with van der Waals surface area (Å²) in [5.74, 6) is 1.02. The third-order valence-electron chi connectivity index (χ3n) is 6.28. The molecule has 4 rings (SSSR count). The van der Waals surface area contributed by atoms with Crippen molar-refractivity contribution in [2.75, 3.05) is 25.4 Å². The zero-order valence-electron chi connectivity index (χ0n) is 16.7. The molecule has 0 bridgehead atoms. The number of nitrogens with zero attached hydrogens (tertiary/aromatic N) is 1. The van der Waals surface area contributed by atoms with Gasteiger partial charge in [0, 0.05) is 30.4 Å². The van der Waals surface area contributed by atoms with Gasteiger partial charge >= 0.3 is 0 Å². The van der Waals surface area contributed by atoms with Crippen molar-refractivity contribution < 1.29 is 9.59 Å². The zero-order valence-corrected chi connectivity index (χ0v) is 17.5. The molecule has 0 unspecified atom stereocenters. The average molecular weight is 409 g/mol. The molecule has 1 spiro atoms. The van der Waals surface area contributed by atoms with Crippen LogP contribution >= 0.6 is 11.8 Å². The molecule has 2 aromatic carbocycles. The molecule has 0 aromatic heterocycles. The van der Waals surface area contributed by atoms with Crippen molar-refractivity contribution in [3.05, 3.63) is 66.2 Å². The molecule has 5 heteroatoms. The fourth-order valence-corrected chi connectivity index (χ4v) is 5.15. The van der Waals surface area contributed by atoms with E-state index in [9.17, 15) is 9.59 Å². The number of nitrogens with one attached hydrogen (secondary N) is 1. The fraction of sp³-hybridized carbons (Fsp3) is 0.417. The summed E-state index contributed by atoms with van der Waals surface area (Å²) in [6.45, 7) is 2.25. The largest absolute Gasteiger partial charge is 0.356 e. The monoisotopic (exact) mass is 408 g/mol. The van der Waals surface area contributed by atoms with E-state index in [-0.39, 0.29) is 23.1 Å². The molecule has 2 aromatic rings. The Balaban J connectivity index is 1.17. The summed E-state index contributed by atoms with van der Waals surface area (Å²) in [5, 5.41) is 3.11. The van der Waals surface area contributed by atoms with Crippen molar-refractivity contribution in [3.8, 4) is 0 Å². The molecule has 2 amide bonds. The Morgan fingerprint density at radius 3 is 2.34 bits per heavy atom. The molecular formula is C24H28N2O2S. The first-order valence-corrected chi connectivity index (χ1v) is 11.4. The highest BCUT2D eigenvalue weighted by atomic mass is 32.2. The number of likely N-dealkylation sites (tertiary alicyclic amines) is 1. The third kappa shape index (κ3) is 5.02. The minimum atomic E-state index is 0.134. The van der Waals surface area contributed by atoms with Crippen LogP contribution in [0, 0.1) is 11.3 Å². The first-order valence-electron chi connectivity index (χ1n) is 10.4. The Bertz CT molecular complexity index is 832. The predicted molar refractivity (Wildman–Crippen MR) is 117 cm³/mol. The number of thioether (sulfide) groups is 1. The number of carbonyl (C=O) groups excluding carboxylic acids is 2. The van der Waals surface area contributed by atoms with Crippen molar-refractivity contribution in [2.45, 2.75) is 30.6 Å². The van der Waals surface area contributed by atoms with E-state index >= 15 is 0 Å². The Hall–Kier alpha value is -2.27. The maximum Gasteiger partial charge on any atom is 0.232 e. The van der Waals surface area contributed by atoms with Gasteiger partial charge in [-0.2, -0.15) is 0 Å². The summed E-state index contributed by atoms with van der Waals surface area (Å²) in [7, 11) is 0. The van der Waals surface area contributed by atoms with E-state index in [4.69, 9.17) is 0 Å². The van der Waals surface area contributed by atoms with Crippen molar-refractivity contribution in [2.24, 2.45) is 11.3 Å². The topological polar surface area (TPSA) is 49.4 Å². The molecule has 1 saturated heterocycles. The highest BCUT2D eigenvalue weighted by molar-refractivity contribution is 8.00. The summed E-state index contributed by atoms with van der Waals surface area (Å²) < 4.78 is 0. The molecule has 4 nitrogen and oxygen atoms in total. The van der Waals surface area contributed by atoms with Crippen LogP contribution in [-0.4, -0.2) is 42.1 Å². The predicted octanol–water partition coefficient (Wildman–Crippen LogP) is 3.77. The van der Waals surface area contributed by atoms with Crippen molar-refractivity contribution in [1.29, 1.82) is 0 Å². The lowest BCUT2D eigenvalue weighted by atomic mass is 9.90. The molecule has 1 aliphatic carbocycles. The van der Waals surface area contributed by atoms with Crippen LogP contribution in [0.25, 0.3) is 0 Å². The molecule has 29 heavy (non-hydrogen) atoms. The van der Waals surface area contributed by atoms with E-state index in [1.54, 1.807) is 11.8 Å². The molecule has 1 atom stereocenters. The SMILES string of the molecule is O=C(NCCc1ccccc1)[C@@H]1CC12CCN(C(=O)CSc1ccccc1)CC2. The van der Waals surface area contributed by atoms with Gasteiger partial charge in [-0.1, -0.05) is 48.5 Å². The molecule has 152 valence electrons. The third-order valence-corrected chi connectivity index (χ3v) is 7.28. The van der Waals surface area contributed by atoms with Gasteiger partial charge in [-0.15, -0.1) is 11.8 Å². The zero-order chi connectivity index (χ0) is 20.1.